The van der Waals surface area contributed by atoms with E-state index in [0.717, 1.165) is 10.7 Å². The summed E-state index contributed by atoms with van der Waals surface area (Å²) in [5.74, 6) is -0.868. The number of carboxylic acid groups (broad SMARTS) is 1. The Bertz CT molecular complexity index is 489. The van der Waals surface area contributed by atoms with E-state index >= 15 is 0 Å². The first-order chi connectivity index (χ1) is 7.15. The van der Waals surface area contributed by atoms with Crippen molar-refractivity contribution in [2.45, 2.75) is 6.42 Å². The van der Waals surface area contributed by atoms with Crippen molar-refractivity contribution in [3.05, 3.63) is 23.6 Å². The number of aryl methyl sites for hydroxylation is 1. The molecule has 2 aromatic rings. The molecule has 5 nitrogen and oxygen atoms in total. The number of imidazole rings is 1. The van der Waals surface area contributed by atoms with Crippen LogP contribution in [-0.4, -0.2) is 25.6 Å². The average molecular weight is 223 g/mol. The molecule has 0 aromatic carbocycles. The first-order valence-corrected chi connectivity index (χ1v) is 5.17. The first kappa shape index (κ1) is 9.85. The number of thiazole rings is 1. The summed E-state index contributed by atoms with van der Waals surface area (Å²) >= 11 is 1.41. The molecule has 1 N–H and O–H groups in total. The fraction of sp³-hybridized carbons (Fsp3) is 0.222. The van der Waals surface area contributed by atoms with Crippen LogP contribution in [0.5, 0.6) is 0 Å². The normalized spacial score (nSPS) is 10.5. The number of rotatable bonds is 3. The number of carbonyl (C=O) groups is 1. The van der Waals surface area contributed by atoms with Gasteiger partial charge in [0.1, 0.15) is 10.7 Å². The summed E-state index contributed by atoms with van der Waals surface area (Å²) in [5.41, 5.74) is 1.35. The third-order valence-electron chi connectivity index (χ3n) is 1.81. The molecule has 0 amide bonds. The number of nitrogens with zero attached hydrogens (tertiary/aromatic N) is 3. The maximum Gasteiger partial charge on any atom is 0.309 e. The maximum atomic E-state index is 10.5. The summed E-state index contributed by atoms with van der Waals surface area (Å²) in [6.45, 7) is 0. The SMILES string of the molecule is Cn1cnc(-c2nc(CC(=O)O)cs2)c1. The molecule has 0 saturated heterocycles. The van der Waals surface area contributed by atoms with E-state index in [2.05, 4.69) is 9.97 Å². The lowest BCUT2D eigenvalue weighted by Gasteiger charge is -1.88. The van der Waals surface area contributed by atoms with Gasteiger partial charge in [-0.2, -0.15) is 0 Å². The fourth-order valence-corrected chi connectivity index (χ4v) is 1.96. The first-order valence-electron chi connectivity index (χ1n) is 4.29. The van der Waals surface area contributed by atoms with E-state index in [1.54, 1.807) is 11.7 Å². The zero-order valence-corrected chi connectivity index (χ0v) is 8.86. The quantitative estimate of drug-likeness (QED) is 0.848. The van der Waals surface area contributed by atoms with E-state index in [1.807, 2.05) is 17.8 Å². The van der Waals surface area contributed by atoms with Gasteiger partial charge in [0, 0.05) is 18.6 Å². The van der Waals surface area contributed by atoms with Crippen molar-refractivity contribution >= 4 is 17.3 Å². The number of hydrogen-bond donors (Lipinski definition) is 1. The van der Waals surface area contributed by atoms with Crippen molar-refractivity contribution in [1.29, 1.82) is 0 Å². The van der Waals surface area contributed by atoms with Crippen LogP contribution in [0.3, 0.4) is 0 Å². The van der Waals surface area contributed by atoms with Crippen molar-refractivity contribution in [3.8, 4) is 10.7 Å². The Kier molecular flexibility index (Phi) is 2.51. The number of aromatic nitrogens is 3. The Labute approximate surface area is 90.0 Å². The Hall–Kier alpha value is -1.69. The maximum absolute atomic E-state index is 10.5. The van der Waals surface area contributed by atoms with Gasteiger partial charge in [0.05, 0.1) is 18.4 Å². The summed E-state index contributed by atoms with van der Waals surface area (Å²) in [6, 6.07) is 0. The zero-order valence-electron chi connectivity index (χ0n) is 8.04. The molecule has 0 unspecified atom stereocenters. The topological polar surface area (TPSA) is 68.0 Å². The standard InChI is InChI=1S/C9H9N3O2S/c1-12-3-7(10-5-12)9-11-6(4-15-9)2-8(13)14/h3-5H,2H2,1H3,(H,13,14). The van der Waals surface area contributed by atoms with Gasteiger partial charge in [-0.1, -0.05) is 0 Å². The molecular weight excluding hydrogens is 214 g/mol. The molecule has 0 atom stereocenters. The van der Waals surface area contributed by atoms with E-state index in [9.17, 15) is 4.79 Å². The summed E-state index contributed by atoms with van der Waals surface area (Å²) in [5, 5.41) is 11.1. The highest BCUT2D eigenvalue weighted by atomic mass is 32.1. The van der Waals surface area contributed by atoms with Crippen LogP contribution < -0.4 is 0 Å². The van der Waals surface area contributed by atoms with Crippen LogP contribution >= 0.6 is 11.3 Å². The van der Waals surface area contributed by atoms with E-state index in [4.69, 9.17) is 5.11 Å². The molecule has 78 valence electrons. The Morgan fingerprint density at radius 2 is 2.47 bits per heavy atom. The molecule has 0 fully saturated rings. The second kappa shape index (κ2) is 3.82. The summed E-state index contributed by atoms with van der Waals surface area (Å²) in [6.07, 6.45) is 3.50. The monoisotopic (exact) mass is 223 g/mol. The van der Waals surface area contributed by atoms with Crippen LogP contribution in [0.4, 0.5) is 0 Å². The summed E-state index contributed by atoms with van der Waals surface area (Å²) < 4.78 is 1.83. The lowest BCUT2D eigenvalue weighted by molar-refractivity contribution is -0.136. The van der Waals surface area contributed by atoms with Crippen LogP contribution in [0.1, 0.15) is 5.69 Å². The molecule has 0 aliphatic carbocycles. The second-order valence-electron chi connectivity index (χ2n) is 3.14. The summed E-state index contributed by atoms with van der Waals surface area (Å²) in [7, 11) is 1.88. The molecule has 0 saturated carbocycles. The van der Waals surface area contributed by atoms with Gasteiger partial charge >= 0.3 is 5.97 Å². The molecule has 0 aliphatic rings. The predicted octanol–water partition coefficient (Wildman–Crippen LogP) is 1.17. The van der Waals surface area contributed by atoms with E-state index in [-0.39, 0.29) is 6.42 Å². The van der Waals surface area contributed by atoms with Crippen LogP contribution in [0.25, 0.3) is 10.7 Å². The minimum Gasteiger partial charge on any atom is -0.481 e. The molecule has 0 bridgehead atoms. The second-order valence-corrected chi connectivity index (χ2v) is 4.00. The zero-order chi connectivity index (χ0) is 10.8. The van der Waals surface area contributed by atoms with Gasteiger partial charge in [-0.05, 0) is 0 Å². The molecule has 2 heterocycles. The molecule has 15 heavy (non-hydrogen) atoms. The van der Waals surface area contributed by atoms with Gasteiger partial charge in [0.2, 0.25) is 0 Å². The van der Waals surface area contributed by atoms with Gasteiger partial charge < -0.3 is 9.67 Å². The Balaban J connectivity index is 2.23. The third-order valence-corrected chi connectivity index (χ3v) is 2.72. The van der Waals surface area contributed by atoms with Crippen molar-refractivity contribution < 1.29 is 9.90 Å². The number of aliphatic carboxylic acids is 1. The minimum atomic E-state index is -0.868. The predicted molar refractivity (Wildman–Crippen MR) is 55.7 cm³/mol. The van der Waals surface area contributed by atoms with E-state index in [1.165, 1.54) is 11.3 Å². The van der Waals surface area contributed by atoms with Gasteiger partial charge in [0.15, 0.2) is 0 Å². The highest BCUT2D eigenvalue weighted by Crippen LogP contribution is 2.21. The van der Waals surface area contributed by atoms with Crippen LogP contribution in [0.2, 0.25) is 0 Å². The Morgan fingerprint density at radius 1 is 1.67 bits per heavy atom. The molecule has 2 aromatic heterocycles. The summed E-state index contributed by atoms with van der Waals surface area (Å²) in [4.78, 5) is 18.8. The van der Waals surface area contributed by atoms with Crippen LogP contribution in [0.15, 0.2) is 17.9 Å². The molecule has 0 spiro atoms. The lowest BCUT2D eigenvalue weighted by Crippen LogP contribution is -1.99. The van der Waals surface area contributed by atoms with Gasteiger partial charge in [-0.3, -0.25) is 4.79 Å². The van der Waals surface area contributed by atoms with Gasteiger partial charge in [0.25, 0.3) is 0 Å². The molecule has 6 heteroatoms. The van der Waals surface area contributed by atoms with Crippen LogP contribution in [0, 0.1) is 0 Å². The molecular formula is C9H9N3O2S. The molecule has 0 radical (unpaired) electrons. The third kappa shape index (κ3) is 2.21. The van der Waals surface area contributed by atoms with Gasteiger partial charge in [-0.15, -0.1) is 11.3 Å². The number of hydrogen-bond acceptors (Lipinski definition) is 4. The number of carboxylic acids is 1. The Morgan fingerprint density at radius 3 is 3.07 bits per heavy atom. The fourth-order valence-electron chi connectivity index (χ4n) is 1.18. The highest BCUT2D eigenvalue weighted by molar-refractivity contribution is 7.13. The van der Waals surface area contributed by atoms with E-state index in [0.29, 0.717) is 5.69 Å². The van der Waals surface area contributed by atoms with Crippen molar-refractivity contribution in [2.24, 2.45) is 7.05 Å². The molecule has 0 aliphatic heterocycles. The van der Waals surface area contributed by atoms with Crippen LogP contribution in [-0.2, 0) is 18.3 Å². The lowest BCUT2D eigenvalue weighted by atomic mass is 10.3. The largest absolute Gasteiger partial charge is 0.481 e. The van der Waals surface area contributed by atoms with Gasteiger partial charge in [-0.25, -0.2) is 9.97 Å². The van der Waals surface area contributed by atoms with Crippen molar-refractivity contribution in [3.63, 3.8) is 0 Å². The smallest absolute Gasteiger partial charge is 0.309 e. The van der Waals surface area contributed by atoms with E-state index < -0.39 is 5.97 Å². The molecule has 2 rings (SSSR count). The van der Waals surface area contributed by atoms with Crippen molar-refractivity contribution in [2.75, 3.05) is 0 Å². The average Bonchev–Trinajstić information content (AvgIpc) is 2.72. The highest BCUT2D eigenvalue weighted by Gasteiger charge is 2.09. The van der Waals surface area contributed by atoms with Crippen molar-refractivity contribution in [1.82, 2.24) is 14.5 Å². The minimum absolute atomic E-state index is 0.0384.